The van der Waals surface area contributed by atoms with Crippen LogP contribution in [-0.4, -0.2) is 46.0 Å². The molecule has 4 nitrogen and oxygen atoms in total. The van der Waals surface area contributed by atoms with Crippen molar-refractivity contribution in [2.75, 3.05) is 12.4 Å². The molecular formula is C31H60O4S. The number of rotatable bonds is 22. The van der Waals surface area contributed by atoms with Crippen LogP contribution in [0.5, 0.6) is 0 Å². The van der Waals surface area contributed by atoms with Gasteiger partial charge in [0.2, 0.25) is 0 Å². The van der Waals surface area contributed by atoms with E-state index in [1.807, 2.05) is 11.8 Å². The minimum Gasteiger partial charge on any atom is -0.466 e. The monoisotopic (exact) mass is 528 g/mol. The molecule has 4 unspecified atom stereocenters. The zero-order valence-electron chi connectivity index (χ0n) is 24.3. The van der Waals surface area contributed by atoms with Gasteiger partial charge in [-0.05, 0) is 56.3 Å². The molecule has 0 amide bonds. The van der Waals surface area contributed by atoms with Gasteiger partial charge in [0, 0.05) is 17.4 Å². The van der Waals surface area contributed by atoms with Crippen LogP contribution < -0.4 is 0 Å². The Labute approximate surface area is 228 Å². The number of thioether (sulfide) groups is 1. The summed E-state index contributed by atoms with van der Waals surface area (Å²) in [5.74, 6) is 1.11. The van der Waals surface area contributed by atoms with E-state index in [0.29, 0.717) is 29.6 Å². The van der Waals surface area contributed by atoms with E-state index in [2.05, 4.69) is 27.7 Å². The molecule has 214 valence electrons. The molecule has 0 spiro atoms. The van der Waals surface area contributed by atoms with E-state index < -0.39 is 0 Å². The predicted molar refractivity (Wildman–Crippen MR) is 156 cm³/mol. The van der Waals surface area contributed by atoms with Crippen LogP contribution in [0.25, 0.3) is 0 Å². The normalized spacial score (nSPS) is 21.1. The zero-order valence-corrected chi connectivity index (χ0v) is 25.1. The average molecular weight is 529 g/mol. The molecular weight excluding hydrogens is 468 g/mol. The highest BCUT2D eigenvalue weighted by Crippen LogP contribution is 2.39. The lowest BCUT2D eigenvalue weighted by Gasteiger charge is -2.23. The van der Waals surface area contributed by atoms with Gasteiger partial charge in [0.05, 0.1) is 18.8 Å². The van der Waals surface area contributed by atoms with E-state index in [1.54, 1.807) is 0 Å². The molecule has 0 aromatic carbocycles. The topological polar surface area (TPSA) is 66.8 Å². The van der Waals surface area contributed by atoms with Gasteiger partial charge >= 0.3 is 5.97 Å². The lowest BCUT2D eigenvalue weighted by atomic mass is 9.89. The Morgan fingerprint density at radius 2 is 1.56 bits per heavy atom. The van der Waals surface area contributed by atoms with Gasteiger partial charge in [-0.2, -0.15) is 11.8 Å². The second-order valence-corrected chi connectivity index (χ2v) is 13.7. The Bertz CT molecular complexity index is 533. The summed E-state index contributed by atoms with van der Waals surface area (Å²) in [7, 11) is 0. The van der Waals surface area contributed by atoms with E-state index >= 15 is 0 Å². The zero-order chi connectivity index (χ0) is 26.7. The lowest BCUT2D eigenvalue weighted by molar-refractivity contribution is -0.143. The summed E-state index contributed by atoms with van der Waals surface area (Å²) in [6.45, 7) is 9.59. The molecule has 0 heterocycles. The number of hydrogen-bond donors (Lipinski definition) is 2. The predicted octanol–water partition coefficient (Wildman–Crippen LogP) is 8.46. The van der Waals surface area contributed by atoms with Gasteiger partial charge in [0.25, 0.3) is 0 Å². The van der Waals surface area contributed by atoms with E-state index in [1.165, 1.54) is 44.9 Å². The molecule has 0 radical (unpaired) electrons. The Kier molecular flexibility index (Phi) is 19.4. The molecule has 1 fully saturated rings. The fraction of sp³-hybridized carbons (Fsp3) is 0.968. The highest BCUT2D eigenvalue weighted by Gasteiger charge is 2.34. The van der Waals surface area contributed by atoms with Gasteiger partial charge in [-0.15, -0.1) is 0 Å². The van der Waals surface area contributed by atoms with Crippen molar-refractivity contribution in [1.29, 1.82) is 0 Å². The maximum Gasteiger partial charge on any atom is 0.305 e. The van der Waals surface area contributed by atoms with E-state index in [4.69, 9.17) is 4.74 Å². The number of unbranched alkanes of at least 4 members (excludes halogenated alkanes) is 10. The molecule has 0 aliphatic heterocycles. The van der Waals surface area contributed by atoms with Gasteiger partial charge in [0.15, 0.2) is 0 Å². The third-order valence-corrected chi connectivity index (χ3v) is 9.21. The first-order chi connectivity index (χ1) is 17.2. The lowest BCUT2D eigenvalue weighted by Crippen LogP contribution is -2.23. The third-order valence-electron chi connectivity index (χ3n) is 7.61. The van der Waals surface area contributed by atoms with E-state index in [0.717, 1.165) is 76.4 Å². The summed E-state index contributed by atoms with van der Waals surface area (Å²) in [6.07, 6.45) is 20.5. The number of esters is 1. The van der Waals surface area contributed by atoms with Gasteiger partial charge in [-0.25, -0.2) is 0 Å². The minimum absolute atomic E-state index is 0.0401. The average Bonchev–Trinajstić information content (AvgIpc) is 3.17. The molecule has 4 atom stereocenters. The Morgan fingerprint density at radius 1 is 0.917 bits per heavy atom. The standard InChI is InChI=1S/C31H60O4S/c1-5-6-7-8-9-10-13-16-24-35-30(34)20-15-12-11-14-19-27-28(33)21-22-29(27)36-25-26(32)18-17-23-31(2,3)4/h26-29,32-33H,5-25H2,1-4H3. The van der Waals surface area contributed by atoms with E-state index in [9.17, 15) is 15.0 Å². The van der Waals surface area contributed by atoms with Crippen molar-refractivity contribution in [3.63, 3.8) is 0 Å². The van der Waals surface area contributed by atoms with Crippen LogP contribution in [0.15, 0.2) is 0 Å². The van der Waals surface area contributed by atoms with Gasteiger partial charge in [-0.1, -0.05) is 98.3 Å². The summed E-state index contributed by atoms with van der Waals surface area (Å²) in [6, 6.07) is 0. The van der Waals surface area contributed by atoms with Crippen molar-refractivity contribution in [2.24, 2.45) is 11.3 Å². The molecule has 36 heavy (non-hydrogen) atoms. The number of carbonyl (C=O) groups is 1. The minimum atomic E-state index is -0.231. The Balaban J connectivity index is 2.03. The van der Waals surface area contributed by atoms with Gasteiger partial charge in [-0.3, -0.25) is 4.79 Å². The second-order valence-electron chi connectivity index (χ2n) is 12.4. The number of ether oxygens (including phenoxy) is 1. The number of hydrogen-bond acceptors (Lipinski definition) is 5. The largest absolute Gasteiger partial charge is 0.466 e. The molecule has 1 saturated carbocycles. The fourth-order valence-electron chi connectivity index (χ4n) is 5.28. The van der Waals surface area contributed by atoms with Gasteiger partial charge in [0.1, 0.15) is 0 Å². The van der Waals surface area contributed by atoms with E-state index in [-0.39, 0.29) is 18.2 Å². The summed E-state index contributed by atoms with van der Waals surface area (Å²) < 4.78 is 5.40. The van der Waals surface area contributed by atoms with Crippen LogP contribution in [-0.2, 0) is 9.53 Å². The van der Waals surface area contributed by atoms with Crippen LogP contribution in [0, 0.1) is 11.3 Å². The number of aliphatic hydroxyl groups is 2. The molecule has 0 bridgehead atoms. The van der Waals surface area contributed by atoms with Crippen LogP contribution in [0.1, 0.15) is 150 Å². The molecule has 1 aliphatic carbocycles. The van der Waals surface area contributed by atoms with Crippen LogP contribution in [0.3, 0.4) is 0 Å². The molecule has 1 rings (SSSR count). The summed E-state index contributed by atoms with van der Waals surface area (Å²) in [5.41, 5.74) is 0.334. The first kappa shape index (κ1) is 33.8. The van der Waals surface area contributed by atoms with Crippen LogP contribution in [0.4, 0.5) is 0 Å². The number of aliphatic hydroxyl groups excluding tert-OH is 2. The third kappa shape index (κ3) is 18.1. The molecule has 0 aromatic rings. The summed E-state index contributed by atoms with van der Waals surface area (Å²) in [4.78, 5) is 11.9. The first-order valence-electron chi connectivity index (χ1n) is 15.4. The second kappa shape index (κ2) is 20.7. The highest BCUT2D eigenvalue weighted by molar-refractivity contribution is 7.99. The molecule has 5 heteroatoms. The van der Waals surface area contributed by atoms with Crippen molar-refractivity contribution in [3.8, 4) is 0 Å². The van der Waals surface area contributed by atoms with Gasteiger partial charge < -0.3 is 14.9 Å². The Hall–Kier alpha value is -0.260. The molecule has 0 aromatic heterocycles. The van der Waals surface area contributed by atoms with Crippen molar-refractivity contribution in [2.45, 2.75) is 167 Å². The van der Waals surface area contributed by atoms with Crippen molar-refractivity contribution >= 4 is 17.7 Å². The Morgan fingerprint density at radius 3 is 2.25 bits per heavy atom. The summed E-state index contributed by atoms with van der Waals surface area (Å²) >= 11 is 1.88. The van der Waals surface area contributed by atoms with Crippen LogP contribution >= 0.6 is 11.8 Å². The fourth-order valence-corrected chi connectivity index (χ4v) is 6.78. The first-order valence-corrected chi connectivity index (χ1v) is 16.4. The quantitative estimate of drug-likeness (QED) is 0.109. The highest BCUT2D eigenvalue weighted by atomic mass is 32.2. The molecule has 0 saturated heterocycles. The van der Waals surface area contributed by atoms with Crippen molar-refractivity contribution < 1.29 is 19.7 Å². The maximum atomic E-state index is 11.9. The van der Waals surface area contributed by atoms with Crippen LogP contribution in [0.2, 0.25) is 0 Å². The smallest absolute Gasteiger partial charge is 0.305 e. The summed E-state index contributed by atoms with van der Waals surface area (Å²) in [5, 5.41) is 21.3. The maximum absolute atomic E-state index is 11.9. The SMILES string of the molecule is CCCCCCCCCCOC(=O)CCCCCCC1C(O)CCC1SCC(O)CCCC(C)(C)C. The van der Waals surface area contributed by atoms with Crippen molar-refractivity contribution in [3.05, 3.63) is 0 Å². The molecule has 1 aliphatic rings. The number of carbonyl (C=O) groups excluding carboxylic acids is 1. The van der Waals surface area contributed by atoms with Crippen molar-refractivity contribution in [1.82, 2.24) is 0 Å². The molecule has 2 N–H and O–H groups in total.